The molecule has 0 aliphatic carbocycles. The number of rotatable bonds is 3. The zero-order valence-corrected chi connectivity index (χ0v) is 11.9. The highest BCUT2D eigenvalue weighted by Gasteiger charge is 2.40. The van der Waals surface area contributed by atoms with Crippen LogP contribution in [0.15, 0.2) is 30.3 Å². The number of nitrogens with one attached hydrogen (secondary N) is 1. The topological polar surface area (TPSA) is 66.4 Å². The van der Waals surface area contributed by atoms with E-state index in [1.54, 1.807) is 0 Å². The lowest BCUT2D eigenvalue weighted by atomic mass is 9.95. The fraction of sp³-hybridized carbons (Fsp3) is 0.500. The van der Waals surface area contributed by atoms with Crippen molar-refractivity contribution >= 4 is 16.8 Å². The number of hydrogen-bond donors (Lipinski definition) is 2. The molecule has 5 heteroatoms. The number of hydrogen-bond acceptors (Lipinski definition) is 3. The van der Waals surface area contributed by atoms with E-state index in [-0.39, 0.29) is 23.0 Å². The Morgan fingerprint density at radius 2 is 2.00 bits per heavy atom. The average molecular weight is 281 g/mol. The van der Waals surface area contributed by atoms with Crippen LogP contribution in [0.3, 0.4) is 0 Å². The van der Waals surface area contributed by atoms with Crippen molar-refractivity contribution in [2.45, 2.75) is 31.2 Å². The van der Waals surface area contributed by atoms with Gasteiger partial charge in [-0.1, -0.05) is 44.2 Å². The number of aliphatic carboxylic acids is 1. The zero-order valence-electron chi connectivity index (χ0n) is 11.1. The number of carboxylic acids is 1. The molecule has 19 heavy (non-hydrogen) atoms. The molecule has 4 nitrogen and oxygen atoms in total. The standard InChI is InChI=1S/C14H19NO3S/c1-9(2)13-12(10-6-4-3-5-7-10)15-11(14(16)17)8-19(13)18/h3-7,9,11-13,15H,8H2,1-2H3,(H,16,17). The molecule has 1 aromatic carbocycles. The summed E-state index contributed by atoms with van der Waals surface area (Å²) < 4.78 is 12.3. The van der Waals surface area contributed by atoms with Gasteiger partial charge >= 0.3 is 5.97 Å². The van der Waals surface area contributed by atoms with E-state index < -0.39 is 22.8 Å². The quantitative estimate of drug-likeness (QED) is 0.882. The second kappa shape index (κ2) is 5.84. The Kier molecular flexibility index (Phi) is 4.37. The molecule has 1 saturated heterocycles. The van der Waals surface area contributed by atoms with Crippen molar-refractivity contribution in [1.29, 1.82) is 0 Å². The van der Waals surface area contributed by atoms with Crippen molar-refractivity contribution in [2.75, 3.05) is 5.75 Å². The molecule has 0 radical (unpaired) electrons. The molecule has 4 atom stereocenters. The molecule has 0 spiro atoms. The van der Waals surface area contributed by atoms with Crippen molar-refractivity contribution in [1.82, 2.24) is 5.32 Å². The summed E-state index contributed by atoms with van der Waals surface area (Å²) in [4.78, 5) is 11.2. The smallest absolute Gasteiger partial charge is 0.321 e. The zero-order chi connectivity index (χ0) is 14.0. The molecular weight excluding hydrogens is 262 g/mol. The van der Waals surface area contributed by atoms with Crippen molar-refractivity contribution in [3.8, 4) is 0 Å². The third kappa shape index (κ3) is 3.04. The van der Waals surface area contributed by atoms with Crippen LogP contribution in [0.25, 0.3) is 0 Å². The number of carbonyl (C=O) groups is 1. The maximum absolute atomic E-state index is 12.3. The van der Waals surface area contributed by atoms with Crippen LogP contribution in [0, 0.1) is 5.92 Å². The molecule has 1 fully saturated rings. The van der Waals surface area contributed by atoms with E-state index in [1.807, 2.05) is 44.2 Å². The summed E-state index contributed by atoms with van der Waals surface area (Å²) in [6.07, 6.45) is 0. The summed E-state index contributed by atoms with van der Waals surface area (Å²) in [5, 5.41) is 12.2. The van der Waals surface area contributed by atoms with Gasteiger partial charge in [0.05, 0.1) is 11.0 Å². The fourth-order valence-electron chi connectivity index (χ4n) is 2.56. The van der Waals surface area contributed by atoms with Gasteiger partial charge < -0.3 is 5.11 Å². The third-order valence-corrected chi connectivity index (χ3v) is 5.54. The minimum atomic E-state index is -1.13. The minimum Gasteiger partial charge on any atom is -0.480 e. The first-order chi connectivity index (χ1) is 9.00. The molecule has 4 unspecified atom stereocenters. The summed E-state index contributed by atoms with van der Waals surface area (Å²) in [6.45, 7) is 4.06. The van der Waals surface area contributed by atoms with Gasteiger partial charge in [-0.15, -0.1) is 0 Å². The second-order valence-electron chi connectivity index (χ2n) is 5.20. The first-order valence-electron chi connectivity index (χ1n) is 6.41. The van der Waals surface area contributed by atoms with Crippen LogP contribution >= 0.6 is 0 Å². The van der Waals surface area contributed by atoms with Gasteiger partial charge in [0.15, 0.2) is 0 Å². The lowest BCUT2D eigenvalue weighted by molar-refractivity contribution is -0.139. The molecule has 2 rings (SSSR count). The molecule has 1 aliphatic rings. The first kappa shape index (κ1) is 14.2. The minimum absolute atomic E-state index is 0.0574. The van der Waals surface area contributed by atoms with Gasteiger partial charge in [-0.25, -0.2) is 0 Å². The van der Waals surface area contributed by atoms with Crippen LogP contribution in [-0.4, -0.2) is 32.3 Å². The van der Waals surface area contributed by atoms with E-state index in [4.69, 9.17) is 5.11 Å². The van der Waals surface area contributed by atoms with Gasteiger partial charge in [0, 0.05) is 16.8 Å². The van der Waals surface area contributed by atoms with E-state index in [2.05, 4.69) is 5.32 Å². The van der Waals surface area contributed by atoms with E-state index in [0.29, 0.717) is 0 Å². The lowest BCUT2D eigenvalue weighted by Crippen LogP contribution is -2.54. The molecule has 1 heterocycles. The SMILES string of the molecule is CC(C)C1C(c2ccccc2)NC(C(=O)O)CS1=O. The highest BCUT2D eigenvalue weighted by atomic mass is 32.2. The summed E-state index contributed by atoms with van der Waals surface area (Å²) in [6, 6.07) is 8.76. The Morgan fingerprint density at radius 3 is 2.53 bits per heavy atom. The Balaban J connectivity index is 2.34. The van der Waals surface area contributed by atoms with Gasteiger partial charge in [0.1, 0.15) is 6.04 Å². The molecule has 0 aromatic heterocycles. The molecule has 0 amide bonds. The Hall–Kier alpha value is -1.20. The van der Waals surface area contributed by atoms with Crippen LogP contribution in [0.2, 0.25) is 0 Å². The van der Waals surface area contributed by atoms with E-state index in [1.165, 1.54) is 0 Å². The van der Waals surface area contributed by atoms with Crippen molar-refractivity contribution in [3.63, 3.8) is 0 Å². The molecule has 1 aromatic rings. The first-order valence-corrected chi connectivity index (χ1v) is 7.80. The summed E-state index contributed by atoms with van der Waals surface area (Å²) >= 11 is 0. The number of carboxylic acid groups (broad SMARTS) is 1. The van der Waals surface area contributed by atoms with E-state index in [9.17, 15) is 9.00 Å². The van der Waals surface area contributed by atoms with Crippen LogP contribution in [0.1, 0.15) is 25.5 Å². The molecule has 1 aliphatic heterocycles. The monoisotopic (exact) mass is 281 g/mol. The summed E-state index contributed by atoms with van der Waals surface area (Å²) in [5.41, 5.74) is 1.00. The lowest BCUT2D eigenvalue weighted by Gasteiger charge is -2.37. The Labute approximate surface area is 115 Å². The molecule has 2 N–H and O–H groups in total. The van der Waals surface area contributed by atoms with Gasteiger partial charge in [0.2, 0.25) is 0 Å². The summed E-state index contributed by atoms with van der Waals surface area (Å²) in [7, 11) is -1.13. The van der Waals surface area contributed by atoms with Crippen molar-refractivity contribution < 1.29 is 14.1 Å². The highest BCUT2D eigenvalue weighted by molar-refractivity contribution is 7.85. The normalized spacial score (nSPS) is 31.3. The van der Waals surface area contributed by atoms with Crippen LogP contribution in [0.5, 0.6) is 0 Å². The highest BCUT2D eigenvalue weighted by Crippen LogP contribution is 2.30. The van der Waals surface area contributed by atoms with E-state index in [0.717, 1.165) is 5.56 Å². The maximum atomic E-state index is 12.3. The largest absolute Gasteiger partial charge is 0.480 e. The average Bonchev–Trinajstić information content (AvgIpc) is 2.38. The predicted molar refractivity (Wildman–Crippen MR) is 75.4 cm³/mol. The Bertz CT molecular complexity index is 475. The third-order valence-electron chi connectivity index (χ3n) is 3.46. The van der Waals surface area contributed by atoms with Gasteiger partial charge in [-0.2, -0.15) is 0 Å². The van der Waals surface area contributed by atoms with Gasteiger partial charge in [0.25, 0.3) is 0 Å². The number of benzene rings is 1. The molecule has 104 valence electrons. The molecule has 0 bridgehead atoms. The fourth-order valence-corrected chi connectivity index (χ4v) is 4.50. The van der Waals surface area contributed by atoms with E-state index >= 15 is 0 Å². The second-order valence-corrected chi connectivity index (χ2v) is 6.84. The van der Waals surface area contributed by atoms with Crippen LogP contribution < -0.4 is 5.32 Å². The van der Waals surface area contributed by atoms with Gasteiger partial charge in [-0.05, 0) is 11.5 Å². The van der Waals surface area contributed by atoms with Crippen molar-refractivity contribution in [2.24, 2.45) is 5.92 Å². The molecular formula is C14H19NO3S. The van der Waals surface area contributed by atoms with Crippen LogP contribution in [-0.2, 0) is 15.6 Å². The summed E-state index contributed by atoms with van der Waals surface area (Å²) in [5.74, 6) is -0.522. The van der Waals surface area contributed by atoms with Gasteiger partial charge in [-0.3, -0.25) is 14.3 Å². The molecule has 0 saturated carbocycles. The maximum Gasteiger partial charge on any atom is 0.321 e. The predicted octanol–water partition coefficient (Wildman–Crippen LogP) is 1.56. The van der Waals surface area contributed by atoms with Crippen LogP contribution in [0.4, 0.5) is 0 Å². The van der Waals surface area contributed by atoms with Crippen molar-refractivity contribution in [3.05, 3.63) is 35.9 Å². The Morgan fingerprint density at radius 1 is 1.37 bits per heavy atom.